The topological polar surface area (TPSA) is 73.1 Å². The zero-order valence-corrected chi connectivity index (χ0v) is 8.42. The van der Waals surface area contributed by atoms with Crippen LogP contribution in [0, 0.1) is 11.3 Å². The molecule has 1 saturated carbocycles. The molecule has 0 heterocycles. The molecule has 0 radical (unpaired) electrons. The fraction of sp³-hybridized carbons (Fsp3) is 0.800. The number of carboxylic acids is 1. The third kappa shape index (κ3) is 3.75. The highest BCUT2D eigenvalue weighted by atomic mass is 16.4. The summed E-state index contributed by atoms with van der Waals surface area (Å²) in [6.07, 6.45) is 3.57. The van der Waals surface area contributed by atoms with Gasteiger partial charge in [0.2, 0.25) is 0 Å². The van der Waals surface area contributed by atoms with Gasteiger partial charge in [0, 0.05) is 12.5 Å². The summed E-state index contributed by atoms with van der Waals surface area (Å²) in [6, 6.07) is 2.70. The Morgan fingerprint density at radius 3 is 2.79 bits per heavy atom. The van der Waals surface area contributed by atoms with Crippen LogP contribution < -0.4 is 5.32 Å². The van der Waals surface area contributed by atoms with Crippen LogP contribution in [0.25, 0.3) is 0 Å². The molecule has 0 aromatic heterocycles. The lowest BCUT2D eigenvalue weighted by atomic mass is 9.96. The van der Waals surface area contributed by atoms with Gasteiger partial charge < -0.3 is 5.11 Å². The summed E-state index contributed by atoms with van der Waals surface area (Å²) in [5, 5.41) is 20.7. The number of aliphatic carboxylic acids is 1. The fourth-order valence-corrected chi connectivity index (χ4v) is 1.43. The summed E-state index contributed by atoms with van der Waals surface area (Å²) in [5.74, 6) is -0.795. The Kier molecular flexibility index (Phi) is 3.48. The molecule has 1 aliphatic rings. The summed E-state index contributed by atoms with van der Waals surface area (Å²) in [4.78, 5) is 10.3. The van der Waals surface area contributed by atoms with Crippen molar-refractivity contribution in [3.63, 3.8) is 0 Å². The normalized spacial score (nSPS) is 19.7. The molecule has 4 nitrogen and oxygen atoms in total. The number of nitrogens with zero attached hydrogens (tertiary/aromatic N) is 1. The van der Waals surface area contributed by atoms with E-state index in [0.717, 1.165) is 12.8 Å². The Morgan fingerprint density at radius 2 is 2.36 bits per heavy atom. The van der Waals surface area contributed by atoms with Crippen LogP contribution in [0.4, 0.5) is 0 Å². The molecule has 0 aliphatic heterocycles. The molecule has 0 amide bonds. The standard InChI is InChI=1S/C10H16N2O2/c1-10(7-11,12-8-4-5-8)6-2-3-9(13)14/h8,12H,2-6H2,1H3,(H,13,14). The minimum Gasteiger partial charge on any atom is -0.481 e. The highest BCUT2D eigenvalue weighted by Crippen LogP contribution is 2.24. The molecular formula is C10H16N2O2. The average molecular weight is 196 g/mol. The smallest absolute Gasteiger partial charge is 0.303 e. The highest BCUT2D eigenvalue weighted by molar-refractivity contribution is 5.66. The second-order valence-corrected chi connectivity index (χ2v) is 4.11. The van der Waals surface area contributed by atoms with Gasteiger partial charge in [0.15, 0.2) is 0 Å². The van der Waals surface area contributed by atoms with Crippen molar-refractivity contribution in [3.05, 3.63) is 0 Å². The van der Waals surface area contributed by atoms with Crippen molar-refractivity contribution < 1.29 is 9.90 Å². The van der Waals surface area contributed by atoms with Gasteiger partial charge in [-0.25, -0.2) is 0 Å². The predicted octanol–water partition coefficient (Wildman–Crippen LogP) is 1.28. The van der Waals surface area contributed by atoms with Gasteiger partial charge in [-0.3, -0.25) is 10.1 Å². The van der Waals surface area contributed by atoms with Crippen molar-refractivity contribution in [1.82, 2.24) is 5.32 Å². The fourth-order valence-electron chi connectivity index (χ4n) is 1.43. The summed E-state index contributed by atoms with van der Waals surface area (Å²) in [6.45, 7) is 1.84. The number of hydrogen-bond donors (Lipinski definition) is 2. The van der Waals surface area contributed by atoms with E-state index in [-0.39, 0.29) is 6.42 Å². The molecule has 0 bridgehead atoms. The lowest BCUT2D eigenvalue weighted by Crippen LogP contribution is -2.42. The van der Waals surface area contributed by atoms with Crippen LogP contribution >= 0.6 is 0 Å². The van der Waals surface area contributed by atoms with E-state index >= 15 is 0 Å². The third-order valence-electron chi connectivity index (χ3n) is 2.41. The van der Waals surface area contributed by atoms with E-state index in [9.17, 15) is 4.79 Å². The minimum absolute atomic E-state index is 0.142. The summed E-state index contributed by atoms with van der Waals surface area (Å²) < 4.78 is 0. The Hall–Kier alpha value is -1.08. The third-order valence-corrected chi connectivity index (χ3v) is 2.41. The Morgan fingerprint density at radius 1 is 1.71 bits per heavy atom. The molecular weight excluding hydrogens is 180 g/mol. The maximum Gasteiger partial charge on any atom is 0.303 e. The summed E-state index contributed by atoms with van der Waals surface area (Å²) in [5.41, 5.74) is -0.545. The van der Waals surface area contributed by atoms with Crippen molar-refractivity contribution in [3.8, 4) is 6.07 Å². The van der Waals surface area contributed by atoms with Crippen LogP contribution in [0.2, 0.25) is 0 Å². The van der Waals surface area contributed by atoms with Crippen LogP contribution in [0.15, 0.2) is 0 Å². The van der Waals surface area contributed by atoms with Crippen molar-refractivity contribution in [2.24, 2.45) is 0 Å². The molecule has 0 aromatic carbocycles. The number of hydrogen-bond acceptors (Lipinski definition) is 3. The van der Waals surface area contributed by atoms with Gasteiger partial charge in [0.25, 0.3) is 0 Å². The van der Waals surface area contributed by atoms with E-state index in [4.69, 9.17) is 10.4 Å². The predicted molar refractivity (Wildman–Crippen MR) is 51.7 cm³/mol. The highest BCUT2D eigenvalue weighted by Gasteiger charge is 2.31. The second-order valence-electron chi connectivity index (χ2n) is 4.11. The van der Waals surface area contributed by atoms with Crippen LogP contribution in [0.1, 0.15) is 39.0 Å². The maximum absolute atomic E-state index is 10.3. The first-order valence-electron chi connectivity index (χ1n) is 4.96. The molecule has 1 fully saturated rings. The molecule has 0 spiro atoms. The molecule has 78 valence electrons. The molecule has 0 saturated heterocycles. The van der Waals surface area contributed by atoms with Crippen molar-refractivity contribution in [2.75, 3.05) is 0 Å². The van der Waals surface area contributed by atoms with Gasteiger partial charge in [-0.05, 0) is 32.6 Å². The monoisotopic (exact) mass is 196 g/mol. The van der Waals surface area contributed by atoms with Gasteiger partial charge >= 0.3 is 5.97 Å². The summed E-state index contributed by atoms with van der Waals surface area (Å²) in [7, 11) is 0. The zero-order valence-electron chi connectivity index (χ0n) is 8.42. The second kappa shape index (κ2) is 4.43. The van der Waals surface area contributed by atoms with Gasteiger partial charge in [-0.1, -0.05) is 0 Å². The van der Waals surface area contributed by atoms with Gasteiger partial charge in [-0.15, -0.1) is 0 Å². The lowest BCUT2D eigenvalue weighted by molar-refractivity contribution is -0.137. The first-order chi connectivity index (χ1) is 6.56. The number of rotatable bonds is 6. The molecule has 1 unspecified atom stereocenters. The molecule has 1 rings (SSSR count). The van der Waals surface area contributed by atoms with Gasteiger partial charge in [0.05, 0.1) is 6.07 Å². The van der Waals surface area contributed by atoms with Gasteiger partial charge in [0.1, 0.15) is 5.54 Å². The average Bonchev–Trinajstić information content (AvgIpc) is 2.87. The largest absolute Gasteiger partial charge is 0.481 e. The number of nitrogens with one attached hydrogen (secondary N) is 1. The number of carbonyl (C=O) groups is 1. The molecule has 0 aromatic rings. The molecule has 4 heteroatoms. The number of carboxylic acid groups (broad SMARTS) is 1. The summed E-state index contributed by atoms with van der Waals surface area (Å²) >= 11 is 0. The van der Waals surface area contributed by atoms with Crippen molar-refractivity contribution in [2.45, 2.75) is 50.6 Å². The number of nitriles is 1. The molecule has 1 atom stereocenters. The van der Waals surface area contributed by atoms with Gasteiger partial charge in [-0.2, -0.15) is 5.26 Å². The van der Waals surface area contributed by atoms with Crippen LogP contribution in [-0.2, 0) is 4.79 Å². The van der Waals surface area contributed by atoms with E-state index in [2.05, 4.69) is 11.4 Å². The Balaban J connectivity index is 2.28. The minimum atomic E-state index is -0.795. The van der Waals surface area contributed by atoms with Crippen LogP contribution in [-0.4, -0.2) is 22.7 Å². The van der Waals surface area contributed by atoms with E-state index in [1.54, 1.807) is 0 Å². The van der Waals surface area contributed by atoms with E-state index < -0.39 is 11.5 Å². The van der Waals surface area contributed by atoms with Crippen molar-refractivity contribution in [1.29, 1.82) is 5.26 Å². The van der Waals surface area contributed by atoms with E-state index in [1.165, 1.54) is 0 Å². The maximum atomic E-state index is 10.3. The zero-order chi connectivity index (χ0) is 10.6. The van der Waals surface area contributed by atoms with E-state index in [1.807, 2.05) is 6.92 Å². The SMILES string of the molecule is CC(C#N)(CCCC(=O)O)NC1CC1. The van der Waals surface area contributed by atoms with E-state index in [0.29, 0.717) is 18.9 Å². The quantitative estimate of drug-likeness (QED) is 0.671. The first kappa shape index (κ1) is 11.0. The molecule has 1 aliphatic carbocycles. The lowest BCUT2D eigenvalue weighted by Gasteiger charge is -2.22. The first-order valence-corrected chi connectivity index (χ1v) is 4.96. The molecule has 14 heavy (non-hydrogen) atoms. The van der Waals surface area contributed by atoms with Crippen molar-refractivity contribution >= 4 is 5.97 Å². The Labute approximate surface area is 83.9 Å². The van der Waals surface area contributed by atoms with Crippen LogP contribution in [0.3, 0.4) is 0 Å². The Bertz CT molecular complexity index is 255. The molecule has 2 N–H and O–H groups in total. The van der Waals surface area contributed by atoms with Crippen LogP contribution in [0.5, 0.6) is 0 Å².